The van der Waals surface area contributed by atoms with Crippen LogP contribution < -0.4 is 10.0 Å². The zero-order valence-electron chi connectivity index (χ0n) is 11.1. The molecule has 0 atom stereocenters. The van der Waals surface area contributed by atoms with Gasteiger partial charge in [-0.2, -0.15) is 0 Å². The summed E-state index contributed by atoms with van der Waals surface area (Å²) in [7, 11) is -3.67. The minimum Gasteiger partial charge on any atom is -0.360 e. The zero-order chi connectivity index (χ0) is 14.6. The van der Waals surface area contributed by atoms with Gasteiger partial charge in [0.1, 0.15) is 4.90 Å². The molecule has 2 N–H and O–H groups in total. The maximum absolute atomic E-state index is 12.0. The third-order valence-corrected chi connectivity index (χ3v) is 3.74. The van der Waals surface area contributed by atoms with Crippen LogP contribution in [0, 0.1) is 6.92 Å². The van der Waals surface area contributed by atoms with Crippen molar-refractivity contribution in [1.82, 2.24) is 19.8 Å². The van der Waals surface area contributed by atoms with Gasteiger partial charge in [0.15, 0.2) is 5.76 Å². The Labute approximate surface area is 116 Å². The summed E-state index contributed by atoms with van der Waals surface area (Å²) in [6, 6.07) is 1.66. The van der Waals surface area contributed by atoms with E-state index >= 15 is 0 Å². The van der Waals surface area contributed by atoms with Crippen molar-refractivity contribution in [2.45, 2.75) is 25.3 Å². The van der Waals surface area contributed by atoms with Gasteiger partial charge in [0.2, 0.25) is 16.0 Å². The predicted octanol–water partition coefficient (Wildman–Crippen LogP) is 0.683. The quantitative estimate of drug-likeness (QED) is 0.806. The third kappa shape index (κ3) is 3.52. The lowest BCUT2D eigenvalue weighted by Gasteiger charge is -2.05. The summed E-state index contributed by atoms with van der Waals surface area (Å²) in [6.07, 6.45) is 2.50. The average molecular weight is 297 g/mol. The lowest BCUT2D eigenvalue weighted by atomic mass is 10.4. The molecule has 0 radical (unpaired) electrons. The van der Waals surface area contributed by atoms with Crippen LogP contribution in [-0.4, -0.2) is 30.1 Å². The molecule has 2 aromatic heterocycles. The number of rotatable bonds is 6. The molecular formula is C11H15N5O3S. The topological polar surface area (TPSA) is 110 Å². The Bertz CT molecular complexity index is 666. The van der Waals surface area contributed by atoms with E-state index in [1.54, 1.807) is 13.0 Å². The highest BCUT2D eigenvalue weighted by molar-refractivity contribution is 7.89. The first-order valence-electron chi connectivity index (χ1n) is 5.99. The first-order valence-corrected chi connectivity index (χ1v) is 7.47. The van der Waals surface area contributed by atoms with Gasteiger partial charge in [-0.1, -0.05) is 5.16 Å². The molecule has 0 aliphatic carbocycles. The van der Waals surface area contributed by atoms with Crippen molar-refractivity contribution in [1.29, 1.82) is 0 Å². The van der Waals surface area contributed by atoms with Gasteiger partial charge in [-0.3, -0.25) is 0 Å². The van der Waals surface area contributed by atoms with Gasteiger partial charge >= 0.3 is 0 Å². The van der Waals surface area contributed by atoms with E-state index in [1.807, 2.05) is 6.92 Å². The first-order chi connectivity index (χ1) is 9.51. The van der Waals surface area contributed by atoms with Crippen molar-refractivity contribution in [3.63, 3.8) is 0 Å². The predicted molar refractivity (Wildman–Crippen MR) is 71.5 cm³/mol. The maximum atomic E-state index is 12.0. The molecule has 9 heteroatoms. The van der Waals surface area contributed by atoms with E-state index in [1.165, 1.54) is 12.4 Å². The normalized spacial score (nSPS) is 11.5. The van der Waals surface area contributed by atoms with Crippen molar-refractivity contribution in [3.05, 3.63) is 29.9 Å². The molecule has 0 aromatic carbocycles. The smallest absolute Gasteiger partial charge is 0.244 e. The summed E-state index contributed by atoms with van der Waals surface area (Å²) in [5, 5.41) is 6.57. The van der Waals surface area contributed by atoms with Gasteiger partial charge in [-0.25, -0.2) is 23.1 Å². The molecule has 0 fully saturated rings. The second kappa shape index (κ2) is 5.97. The largest absolute Gasteiger partial charge is 0.360 e. The van der Waals surface area contributed by atoms with E-state index in [0.29, 0.717) is 23.9 Å². The molecule has 2 rings (SSSR count). The number of aromatic nitrogens is 3. The SMILES string of the molecule is CCNc1ncc(S(=O)(=O)NCc2cc(C)no2)cn1. The molecule has 0 unspecified atom stereocenters. The Kier molecular flexibility index (Phi) is 4.30. The number of nitrogens with one attached hydrogen (secondary N) is 2. The van der Waals surface area contributed by atoms with Crippen LogP contribution in [0.25, 0.3) is 0 Å². The number of sulfonamides is 1. The van der Waals surface area contributed by atoms with Crippen LogP contribution in [0.5, 0.6) is 0 Å². The summed E-state index contributed by atoms with van der Waals surface area (Å²) >= 11 is 0. The molecule has 0 saturated heterocycles. The van der Waals surface area contributed by atoms with Crippen molar-refractivity contribution < 1.29 is 12.9 Å². The molecule has 0 spiro atoms. The van der Waals surface area contributed by atoms with Gasteiger partial charge in [0.25, 0.3) is 0 Å². The van der Waals surface area contributed by atoms with Gasteiger partial charge in [0, 0.05) is 12.6 Å². The number of anilines is 1. The second-order valence-electron chi connectivity index (χ2n) is 4.03. The van der Waals surface area contributed by atoms with Gasteiger partial charge in [0.05, 0.1) is 24.6 Å². The molecule has 2 heterocycles. The second-order valence-corrected chi connectivity index (χ2v) is 5.80. The zero-order valence-corrected chi connectivity index (χ0v) is 11.9. The van der Waals surface area contributed by atoms with E-state index in [0.717, 1.165) is 0 Å². The Balaban J connectivity index is 2.05. The molecule has 0 aliphatic heterocycles. The fourth-order valence-electron chi connectivity index (χ4n) is 1.45. The van der Waals surface area contributed by atoms with E-state index in [-0.39, 0.29) is 11.4 Å². The number of nitrogens with zero attached hydrogens (tertiary/aromatic N) is 3. The number of aryl methyl sites for hydroxylation is 1. The van der Waals surface area contributed by atoms with E-state index in [2.05, 4.69) is 25.2 Å². The maximum Gasteiger partial charge on any atom is 0.244 e. The van der Waals surface area contributed by atoms with Crippen LogP contribution in [0.1, 0.15) is 18.4 Å². The minimum atomic E-state index is -3.67. The monoisotopic (exact) mass is 297 g/mol. The summed E-state index contributed by atoms with van der Waals surface area (Å²) in [6.45, 7) is 4.34. The van der Waals surface area contributed by atoms with Gasteiger partial charge in [-0.05, 0) is 13.8 Å². The van der Waals surface area contributed by atoms with Crippen molar-refractivity contribution in [2.75, 3.05) is 11.9 Å². The molecule has 20 heavy (non-hydrogen) atoms. The molecule has 108 valence electrons. The summed E-state index contributed by atoms with van der Waals surface area (Å²) in [4.78, 5) is 7.83. The van der Waals surface area contributed by atoms with Crippen LogP contribution in [0.2, 0.25) is 0 Å². The number of hydrogen-bond acceptors (Lipinski definition) is 7. The lowest BCUT2D eigenvalue weighted by molar-refractivity contribution is 0.377. The number of hydrogen-bond donors (Lipinski definition) is 2. The van der Waals surface area contributed by atoms with Crippen molar-refractivity contribution in [2.24, 2.45) is 0 Å². The highest BCUT2D eigenvalue weighted by Crippen LogP contribution is 2.09. The Morgan fingerprint density at radius 1 is 1.30 bits per heavy atom. The molecular weight excluding hydrogens is 282 g/mol. The van der Waals surface area contributed by atoms with Crippen LogP contribution in [-0.2, 0) is 16.6 Å². The van der Waals surface area contributed by atoms with E-state index < -0.39 is 10.0 Å². The summed E-state index contributed by atoms with van der Waals surface area (Å²) in [5.74, 6) is 0.827. The average Bonchev–Trinajstić information content (AvgIpc) is 2.84. The Hall–Kier alpha value is -2.00. The van der Waals surface area contributed by atoms with Crippen LogP contribution >= 0.6 is 0 Å². The van der Waals surface area contributed by atoms with Gasteiger partial charge < -0.3 is 9.84 Å². The molecule has 0 amide bonds. The summed E-state index contributed by atoms with van der Waals surface area (Å²) in [5.41, 5.74) is 0.692. The van der Waals surface area contributed by atoms with Crippen molar-refractivity contribution >= 4 is 16.0 Å². The fourth-order valence-corrected chi connectivity index (χ4v) is 2.34. The Morgan fingerprint density at radius 3 is 2.55 bits per heavy atom. The molecule has 0 aliphatic rings. The minimum absolute atomic E-state index is 0.00427. The molecule has 0 bridgehead atoms. The van der Waals surface area contributed by atoms with Crippen LogP contribution in [0.4, 0.5) is 5.95 Å². The molecule has 0 saturated carbocycles. The van der Waals surface area contributed by atoms with Crippen LogP contribution in [0.15, 0.2) is 27.9 Å². The standard InChI is InChI=1S/C11H15N5O3S/c1-3-12-11-13-6-10(7-14-11)20(17,18)15-5-9-4-8(2)16-19-9/h4,6-7,15H,3,5H2,1-2H3,(H,12,13,14). The lowest BCUT2D eigenvalue weighted by Crippen LogP contribution is -2.23. The highest BCUT2D eigenvalue weighted by Gasteiger charge is 2.16. The fraction of sp³-hybridized carbons (Fsp3) is 0.364. The molecule has 8 nitrogen and oxygen atoms in total. The highest BCUT2D eigenvalue weighted by atomic mass is 32.2. The van der Waals surface area contributed by atoms with Crippen molar-refractivity contribution in [3.8, 4) is 0 Å². The summed E-state index contributed by atoms with van der Waals surface area (Å²) < 4.78 is 31.3. The Morgan fingerprint density at radius 2 is 2.00 bits per heavy atom. The first kappa shape index (κ1) is 14.4. The van der Waals surface area contributed by atoms with E-state index in [9.17, 15) is 8.42 Å². The van der Waals surface area contributed by atoms with E-state index in [4.69, 9.17) is 4.52 Å². The molecule has 2 aromatic rings. The van der Waals surface area contributed by atoms with Gasteiger partial charge in [-0.15, -0.1) is 0 Å². The van der Waals surface area contributed by atoms with Crippen LogP contribution in [0.3, 0.4) is 0 Å². The third-order valence-electron chi connectivity index (χ3n) is 2.39.